The van der Waals surface area contributed by atoms with Crippen LogP contribution < -0.4 is 9.47 Å². The molecular weight excluding hydrogens is 370 g/mol. The lowest BCUT2D eigenvalue weighted by atomic mass is 10.1. The molecule has 27 heavy (non-hydrogen) atoms. The fourth-order valence-electron chi connectivity index (χ4n) is 2.69. The second-order valence-corrected chi connectivity index (χ2v) is 6.50. The highest BCUT2D eigenvalue weighted by molar-refractivity contribution is 6.30. The highest BCUT2D eigenvalue weighted by Gasteiger charge is 2.18. The molecule has 1 heterocycles. The largest absolute Gasteiger partial charge is 0.455 e. The van der Waals surface area contributed by atoms with E-state index in [2.05, 4.69) is 0 Å². The first-order valence-electron chi connectivity index (χ1n) is 8.61. The highest BCUT2D eigenvalue weighted by Crippen LogP contribution is 2.32. The maximum Gasteiger partial charge on any atom is 0.310 e. The van der Waals surface area contributed by atoms with Gasteiger partial charge in [0.15, 0.2) is 18.1 Å². The number of carbonyl (C=O) groups is 2. The molecular formula is C20H20ClNO5. The molecule has 1 aliphatic rings. The van der Waals surface area contributed by atoms with Crippen molar-refractivity contribution in [2.24, 2.45) is 0 Å². The van der Waals surface area contributed by atoms with Crippen LogP contribution in [-0.2, 0) is 27.3 Å². The van der Waals surface area contributed by atoms with Crippen LogP contribution in [0, 0.1) is 0 Å². The summed E-state index contributed by atoms with van der Waals surface area (Å²) in [6.45, 7) is 2.70. The molecule has 0 spiro atoms. The van der Waals surface area contributed by atoms with E-state index < -0.39 is 5.97 Å². The van der Waals surface area contributed by atoms with Gasteiger partial charge in [0.1, 0.15) is 0 Å². The van der Waals surface area contributed by atoms with Crippen molar-refractivity contribution in [2.45, 2.75) is 19.9 Å². The van der Waals surface area contributed by atoms with Gasteiger partial charge in [0.2, 0.25) is 6.79 Å². The maximum atomic E-state index is 12.4. The van der Waals surface area contributed by atoms with E-state index in [9.17, 15) is 9.59 Å². The predicted octanol–water partition coefficient (Wildman–Crippen LogP) is 3.20. The zero-order chi connectivity index (χ0) is 19.2. The SMILES string of the molecule is CCN(Cc1ccc2c(c1)OCO2)C(=O)COC(=O)Cc1ccc(Cl)cc1. The average Bonchev–Trinajstić information content (AvgIpc) is 3.14. The fourth-order valence-corrected chi connectivity index (χ4v) is 2.82. The number of fused-ring (bicyclic) bond motifs is 1. The minimum absolute atomic E-state index is 0.0960. The summed E-state index contributed by atoms with van der Waals surface area (Å²) in [4.78, 5) is 26.0. The average molecular weight is 390 g/mol. The standard InChI is InChI=1S/C20H20ClNO5/c1-2-22(11-15-5-8-17-18(9-15)27-13-26-17)19(23)12-25-20(24)10-14-3-6-16(21)7-4-14/h3-9H,2,10-13H2,1H3. The van der Waals surface area contributed by atoms with Gasteiger partial charge < -0.3 is 19.1 Å². The second kappa shape index (κ2) is 8.77. The molecule has 0 fully saturated rings. The Bertz CT molecular complexity index is 822. The van der Waals surface area contributed by atoms with Crippen molar-refractivity contribution in [3.05, 3.63) is 58.6 Å². The van der Waals surface area contributed by atoms with Crippen LogP contribution in [0.15, 0.2) is 42.5 Å². The van der Waals surface area contributed by atoms with Crippen molar-refractivity contribution in [2.75, 3.05) is 19.9 Å². The Balaban J connectivity index is 1.50. The Morgan fingerprint density at radius 3 is 2.52 bits per heavy atom. The minimum Gasteiger partial charge on any atom is -0.455 e. The summed E-state index contributed by atoms with van der Waals surface area (Å²) in [7, 11) is 0. The van der Waals surface area contributed by atoms with Crippen molar-refractivity contribution >= 4 is 23.5 Å². The van der Waals surface area contributed by atoms with Gasteiger partial charge in [-0.15, -0.1) is 0 Å². The van der Waals surface area contributed by atoms with Gasteiger partial charge in [-0.2, -0.15) is 0 Å². The zero-order valence-corrected chi connectivity index (χ0v) is 15.7. The van der Waals surface area contributed by atoms with Crippen molar-refractivity contribution in [1.82, 2.24) is 4.90 Å². The van der Waals surface area contributed by atoms with E-state index >= 15 is 0 Å². The smallest absolute Gasteiger partial charge is 0.310 e. The van der Waals surface area contributed by atoms with Gasteiger partial charge in [0, 0.05) is 18.1 Å². The van der Waals surface area contributed by atoms with E-state index in [1.165, 1.54) is 0 Å². The topological polar surface area (TPSA) is 65.1 Å². The summed E-state index contributed by atoms with van der Waals surface area (Å²) in [5.41, 5.74) is 1.70. The molecule has 1 amide bonds. The monoisotopic (exact) mass is 389 g/mol. The highest BCUT2D eigenvalue weighted by atomic mass is 35.5. The van der Waals surface area contributed by atoms with E-state index in [-0.39, 0.29) is 25.7 Å². The van der Waals surface area contributed by atoms with Crippen molar-refractivity contribution in [1.29, 1.82) is 0 Å². The molecule has 0 N–H and O–H groups in total. The number of hydrogen-bond acceptors (Lipinski definition) is 5. The number of halogens is 1. The summed E-state index contributed by atoms with van der Waals surface area (Å²) in [5.74, 6) is 0.666. The molecule has 0 saturated heterocycles. The van der Waals surface area contributed by atoms with E-state index in [4.69, 9.17) is 25.8 Å². The summed E-state index contributed by atoms with van der Waals surface area (Å²) in [5, 5.41) is 0.601. The lowest BCUT2D eigenvalue weighted by Gasteiger charge is -2.21. The van der Waals surface area contributed by atoms with E-state index in [0.717, 1.165) is 11.1 Å². The first-order valence-corrected chi connectivity index (χ1v) is 8.99. The molecule has 7 heteroatoms. The number of ether oxygens (including phenoxy) is 3. The zero-order valence-electron chi connectivity index (χ0n) is 14.9. The lowest BCUT2D eigenvalue weighted by Crippen LogP contribution is -2.34. The van der Waals surface area contributed by atoms with Crippen LogP contribution in [-0.4, -0.2) is 36.7 Å². The summed E-state index contributed by atoms with van der Waals surface area (Å²) < 4.78 is 15.8. The molecule has 2 aromatic rings. The van der Waals surface area contributed by atoms with E-state index in [1.54, 1.807) is 29.2 Å². The number of carbonyl (C=O) groups excluding carboxylic acids is 2. The molecule has 0 unspecified atom stereocenters. The van der Waals surface area contributed by atoms with Gasteiger partial charge in [0.05, 0.1) is 6.42 Å². The van der Waals surface area contributed by atoms with E-state index in [0.29, 0.717) is 29.6 Å². The lowest BCUT2D eigenvalue weighted by molar-refractivity contribution is -0.151. The Morgan fingerprint density at radius 2 is 1.78 bits per heavy atom. The van der Waals surface area contributed by atoms with Gasteiger partial charge >= 0.3 is 5.97 Å². The fraction of sp³-hybridized carbons (Fsp3) is 0.300. The number of esters is 1. The van der Waals surface area contributed by atoms with Crippen molar-refractivity contribution in [3.8, 4) is 11.5 Å². The summed E-state index contributed by atoms with van der Waals surface area (Å²) in [6.07, 6.45) is 0.0960. The molecule has 1 aliphatic heterocycles. The van der Waals surface area contributed by atoms with Gasteiger partial charge in [-0.1, -0.05) is 29.8 Å². The number of likely N-dealkylation sites (N-methyl/N-ethyl adjacent to an activating group) is 1. The van der Waals surface area contributed by atoms with Gasteiger partial charge in [-0.3, -0.25) is 9.59 Å². The van der Waals surface area contributed by atoms with Crippen molar-refractivity contribution in [3.63, 3.8) is 0 Å². The predicted molar refractivity (Wildman–Crippen MR) is 99.8 cm³/mol. The van der Waals surface area contributed by atoms with Crippen LogP contribution in [0.25, 0.3) is 0 Å². The van der Waals surface area contributed by atoms with Gasteiger partial charge in [0.25, 0.3) is 5.91 Å². The van der Waals surface area contributed by atoms with E-state index in [1.807, 2.05) is 25.1 Å². The number of rotatable bonds is 7. The van der Waals surface area contributed by atoms with Crippen LogP contribution in [0.4, 0.5) is 0 Å². The maximum absolute atomic E-state index is 12.4. The third kappa shape index (κ3) is 5.14. The normalized spacial score (nSPS) is 11.9. The summed E-state index contributed by atoms with van der Waals surface area (Å²) in [6, 6.07) is 12.5. The van der Waals surface area contributed by atoms with Crippen LogP contribution in [0.2, 0.25) is 5.02 Å². The molecule has 0 aromatic heterocycles. The third-order valence-corrected chi connectivity index (χ3v) is 4.42. The molecule has 142 valence electrons. The molecule has 0 bridgehead atoms. The Kier molecular flexibility index (Phi) is 6.19. The number of nitrogens with zero attached hydrogens (tertiary/aromatic N) is 1. The second-order valence-electron chi connectivity index (χ2n) is 6.06. The molecule has 0 atom stereocenters. The number of hydrogen-bond donors (Lipinski definition) is 0. The Hall–Kier alpha value is -2.73. The first-order chi connectivity index (χ1) is 13.0. The van der Waals surface area contributed by atoms with Crippen LogP contribution >= 0.6 is 11.6 Å². The molecule has 2 aromatic carbocycles. The van der Waals surface area contributed by atoms with Crippen LogP contribution in [0.5, 0.6) is 11.5 Å². The molecule has 6 nitrogen and oxygen atoms in total. The van der Waals surface area contributed by atoms with Crippen LogP contribution in [0.1, 0.15) is 18.1 Å². The number of benzene rings is 2. The summed E-state index contributed by atoms with van der Waals surface area (Å²) >= 11 is 5.82. The third-order valence-electron chi connectivity index (χ3n) is 4.16. The van der Waals surface area contributed by atoms with Gasteiger partial charge in [-0.25, -0.2) is 0 Å². The molecule has 0 saturated carbocycles. The molecule has 3 rings (SSSR count). The first kappa shape index (κ1) is 19.0. The minimum atomic E-state index is -0.454. The quantitative estimate of drug-likeness (QED) is 0.680. The van der Waals surface area contributed by atoms with Crippen LogP contribution in [0.3, 0.4) is 0 Å². The number of amides is 1. The van der Waals surface area contributed by atoms with Gasteiger partial charge in [-0.05, 0) is 42.3 Å². The Labute approximate surface area is 162 Å². The van der Waals surface area contributed by atoms with Crippen molar-refractivity contribution < 1.29 is 23.8 Å². The molecule has 0 aliphatic carbocycles. The Morgan fingerprint density at radius 1 is 1.07 bits per heavy atom. The molecule has 0 radical (unpaired) electrons.